The van der Waals surface area contributed by atoms with E-state index in [4.69, 9.17) is 5.26 Å². The number of rotatable bonds is 7. The lowest BCUT2D eigenvalue weighted by molar-refractivity contribution is -0.132. The Morgan fingerprint density at radius 1 is 0.941 bits per heavy atom. The molecule has 0 saturated carbocycles. The van der Waals surface area contributed by atoms with Gasteiger partial charge in [-0.1, -0.05) is 36.4 Å². The Balaban J connectivity index is 1.56. The lowest BCUT2D eigenvalue weighted by Gasteiger charge is -2.23. The maximum absolute atomic E-state index is 13.7. The minimum absolute atomic E-state index is 0.00916. The van der Waals surface area contributed by atoms with Gasteiger partial charge in [0.2, 0.25) is 5.91 Å². The molecular formula is C26H21FN4O3. The highest BCUT2D eigenvalue weighted by Crippen LogP contribution is 2.14. The van der Waals surface area contributed by atoms with Gasteiger partial charge >= 0.3 is 0 Å². The summed E-state index contributed by atoms with van der Waals surface area (Å²) in [6, 6.07) is 21.4. The number of hydrogen-bond acceptors (Lipinski definition) is 4. The molecule has 1 amide bonds. The van der Waals surface area contributed by atoms with Crippen molar-refractivity contribution in [2.75, 3.05) is 0 Å². The van der Waals surface area contributed by atoms with E-state index in [-0.39, 0.29) is 42.9 Å². The van der Waals surface area contributed by atoms with E-state index in [0.717, 1.165) is 10.2 Å². The highest BCUT2D eigenvalue weighted by Gasteiger charge is 2.16. The molecule has 0 saturated heterocycles. The van der Waals surface area contributed by atoms with E-state index < -0.39 is 11.4 Å². The van der Waals surface area contributed by atoms with Gasteiger partial charge in [0.15, 0.2) is 0 Å². The summed E-state index contributed by atoms with van der Waals surface area (Å²) in [5.41, 5.74) is 1.15. The number of nitrogens with one attached hydrogen (secondary N) is 1. The maximum Gasteiger partial charge on any atom is 0.273 e. The number of amides is 1. The minimum atomic E-state index is -0.406. The number of carbonyl (C=O) groups is 1. The fourth-order valence-corrected chi connectivity index (χ4v) is 3.76. The quantitative estimate of drug-likeness (QED) is 0.461. The van der Waals surface area contributed by atoms with Crippen LogP contribution in [-0.4, -0.2) is 20.6 Å². The number of nitriles is 1. The van der Waals surface area contributed by atoms with Crippen molar-refractivity contribution in [3.05, 3.63) is 116 Å². The average Bonchev–Trinajstić information content (AvgIpc) is 2.85. The van der Waals surface area contributed by atoms with Gasteiger partial charge in [-0.05, 0) is 47.5 Å². The van der Waals surface area contributed by atoms with Crippen LogP contribution in [-0.2, 0) is 24.4 Å². The number of fused-ring (bicyclic) bond motifs is 1. The molecular weight excluding hydrogens is 435 g/mol. The summed E-state index contributed by atoms with van der Waals surface area (Å²) in [5, 5.41) is 12.1. The van der Waals surface area contributed by atoms with E-state index in [1.807, 2.05) is 0 Å². The Morgan fingerprint density at radius 3 is 2.35 bits per heavy atom. The van der Waals surface area contributed by atoms with Gasteiger partial charge in [0.1, 0.15) is 5.82 Å². The largest absolute Gasteiger partial charge is 0.334 e. The van der Waals surface area contributed by atoms with Crippen molar-refractivity contribution in [3.63, 3.8) is 0 Å². The second-order valence-corrected chi connectivity index (χ2v) is 7.88. The third-order valence-electron chi connectivity index (χ3n) is 5.50. The molecule has 0 fully saturated rings. The van der Waals surface area contributed by atoms with E-state index in [0.29, 0.717) is 16.5 Å². The normalized spacial score (nSPS) is 10.7. The summed E-state index contributed by atoms with van der Waals surface area (Å²) in [6.45, 7) is 0.398. The molecule has 0 aliphatic rings. The molecule has 34 heavy (non-hydrogen) atoms. The third kappa shape index (κ3) is 5.10. The molecule has 4 rings (SSSR count). The van der Waals surface area contributed by atoms with Crippen molar-refractivity contribution in [2.24, 2.45) is 0 Å². The number of aryl methyl sites for hydroxylation is 1. The second kappa shape index (κ2) is 9.96. The summed E-state index contributed by atoms with van der Waals surface area (Å²) >= 11 is 0. The monoisotopic (exact) mass is 456 g/mol. The Bertz CT molecular complexity index is 1500. The molecule has 7 nitrogen and oxygen atoms in total. The van der Waals surface area contributed by atoms with Crippen LogP contribution in [0.3, 0.4) is 0 Å². The maximum atomic E-state index is 13.7. The van der Waals surface area contributed by atoms with Gasteiger partial charge in [-0.25, -0.2) is 9.07 Å². The molecule has 8 heteroatoms. The van der Waals surface area contributed by atoms with Crippen LogP contribution in [0.25, 0.3) is 10.8 Å². The SMILES string of the molecule is N#Cc1ccc(CN(Cc2cccc(F)c2)C(=O)CCn2[nH]c(=O)c3ccccc3c2=O)cc1. The van der Waals surface area contributed by atoms with Crippen LogP contribution in [0, 0.1) is 17.1 Å². The van der Waals surface area contributed by atoms with Crippen LogP contribution in [0.2, 0.25) is 0 Å². The Kier molecular flexibility index (Phi) is 6.64. The Hall–Kier alpha value is -4.51. The molecule has 170 valence electrons. The molecule has 0 unspecified atom stereocenters. The fourth-order valence-electron chi connectivity index (χ4n) is 3.76. The van der Waals surface area contributed by atoms with E-state index >= 15 is 0 Å². The van der Waals surface area contributed by atoms with E-state index in [9.17, 15) is 18.8 Å². The molecule has 1 aromatic heterocycles. The molecule has 0 spiro atoms. The van der Waals surface area contributed by atoms with Gasteiger partial charge in [0, 0.05) is 19.5 Å². The first-order valence-corrected chi connectivity index (χ1v) is 10.7. The first-order valence-electron chi connectivity index (χ1n) is 10.7. The number of aromatic amines is 1. The molecule has 0 aliphatic carbocycles. The standard InChI is InChI=1S/C26H21FN4O3/c27-21-5-3-4-20(14-21)17-30(16-19-10-8-18(15-28)9-11-19)24(32)12-13-31-26(34)23-7-2-1-6-22(23)25(33)29-31/h1-11,14H,12-13,16-17H2,(H,29,33). The van der Waals surface area contributed by atoms with Gasteiger partial charge in [0.05, 0.1) is 28.9 Å². The van der Waals surface area contributed by atoms with Crippen molar-refractivity contribution in [3.8, 4) is 6.07 Å². The number of aromatic nitrogens is 2. The summed E-state index contributed by atoms with van der Waals surface area (Å²) in [5.74, 6) is -0.668. The summed E-state index contributed by atoms with van der Waals surface area (Å²) < 4.78 is 14.8. The van der Waals surface area contributed by atoms with E-state index in [1.54, 1.807) is 65.6 Å². The number of H-pyrrole nitrogens is 1. The molecule has 0 atom stereocenters. The van der Waals surface area contributed by atoms with Crippen LogP contribution in [0.4, 0.5) is 4.39 Å². The van der Waals surface area contributed by atoms with Crippen molar-refractivity contribution in [1.29, 1.82) is 5.26 Å². The lowest BCUT2D eigenvalue weighted by Crippen LogP contribution is -2.34. The molecule has 1 N–H and O–H groups in total. The Morgan fingerprint density at radius 2 is 1.65 bits per heavy atom. The summed E-state index contributed by atoms with van der Waals surface area (Å²) in [4.78, 5) is 39.8. The molecule has 0 bridgehead atoms. The highest BCUT2D eigenvalue weighted by atomic mass is 19.1. The zero-order valence-electron chi connectivity index (χ0n) is 18.2. The van der Waals surface area contributed by atoms with Crippen LogP contribution >= 0.6 is 0 Å². The number of benzene rings is 3. The predicted octanol–water partition coefficient (Wildman–Crippen LogP) is 3.32. The number of halogens is 1. The smallest absolute Gasteiger partial charge is 0.273 e. The van der Waals surface area contributed by atoms with Gasteiger partial charge in [-0.3, -0.25) is 19.5 Å². The van der Waals surface area contributed by atoms with Crippen LogP contribution in [0.15, 0.2) is 82.4 Å². The van der Waals surface area contributed by atoms with E-state index in [2.05, 4.69) is 11.2 Å². The predicted molar refractivity (Wildman–Crippen MR) is 125 cm³/mol. The van der Waals surface area contributed by atoms with Gasteiger partial charge in [0.25, 0.3) is 11.1 Å². The fraction of sp³-hybridized carbons (Fsp3) is 0.154. The summed E-state index contributed by atoms with van der Waals surface area (Å²) in [6.07, 6.45) is -0.0419. The second-order valence-electron chi connectivity index (χ2n) is 7.88. The van der Waals surface area contributed by atoms with Gasteiger partial charge in [-0.2, -0.15) is 5.26 Å². The summed E-state index contributed by atoms with van der Waals surface area (Å²) in [7, 11) is 0. The van der Waals surface area contributed by atoms with Gasteiger partial charge in [-0.15, -0.1) is 0 Å². The zero-order valence-corrected chi connectivity index (χ0v) is 18.2. The first-order chi connectivity index (χ1) is 16.4. The lowest BCUT2D eigenvalue weighted by atomic mass is 10.1. The van der Waals surface area contributed by atoms with Crippen molar-refractivity contribution < 1.29 is 9.18 Å². The zero-order chi connectivity index (χ0) is 24.1. The van der Waals surface area contributed by atoms with Crippen LogP contribution < -0.4 is 11.1 Å². The average molecular weight is 456 g/mol. The topological polar surface area (TPSA) is 99.0 Å². The molecule has 1 heterocycles. The van der Waals surface area contributed by atoms with Crippen LogP contribution in [0.5, 0.6) is 0 Å². The molecule has 0 aliphatic heterocycles. The Labute approximate surface area is 194 Å². The molecule has 3 aromatic carbocycles. The van der Waals surface area contributed by atoms with Crippen LogP contribution in [0.1, 0.15) is 23.1 Å². The molecule has 0 radical (unpaired) electrons. The number of nitrogens with zero attached hydrogens (tertiary/aromatic N) is 3. The minimum Gasteiger partial charge on any atom is -0.334 e. The highest BCUT2D eigenvalue weighted by molar-refractivity contribution is 5.80. The van der Waals surface area contributed by atoms with Gasteiger partial charge < -0.3 is 4.90 Å². The van der Waals surface area contributed by atoms with Crippen molar-refractivity contribution in [2.45, 2.75) is 26.1 Å². The van der Waals surface area contributed by atoms with E-state index in [1.165, 1.54) is 12.1 Å². The third-order valence-corrected chi connectivity index (χ3v) is 5.50. The van der Waals surface area contributed by atoms with Crippen molar-refractivity contribution in [1.82, 2.24) is 14.7 Å². The number of carbonyl (C=O) groups excluding carboxylic acids is 1. The van der Waals surface area contributed by atoms with Crippen molar-refractivity contribution >= 4 is 16.7 Å². The molecule has 4 aromatic rings. The first kappa shape index (κ1) is 22.7. The number of hydrogen-bond donors (Lipinski definition) is 1.